The van der Waals surface area contributed by atoms with Crippen LogP contribution in [0, 0.1) is 0 Å². The Labute approximate surface area is 102 Å². The largest absolute Gasteiger partial charge is 0.468 e. The molecule has 2 atom stereocenters. The van der Waals surface area contributed by atoms with Crippen molar-refractivity contribution in [3.8, 4) is 0 Å². The quantitative estimate of drug-likeness (QED) is 0.786. The van der Waals surface area contributed by atoms with Gasteiger partial charge >= 0.3 is 0 Å². The third kappa shape index (κ3) is 2.26. The van der Waals surface area contributed by atoms with Gasteiger partial charge in [0.05, 0.1) is 18.4 Å². The predicted octanol–water partition coefficient (Wildman–Crippen LogP) is 2.77. The molecule has 0 amide bonds. The molecule has 3 rings (SSSR count). The number of hydrogen-bond acceptors (Lipinski definition) is 3. The lowest BCUT2D eigenvalue weighted by atomic mass is 9.74. The average Bonchev–Trinajstić information content (AvgIpc) is 2.82. The van der Waals surface area contributed by atoms with Crippen molar-refractivity contribution in [3.63, 3.8) is 0 Å². The lowest BCUT2D eigenvalue weighted by Gasteiger charge is -2.46. The van der Waals surface area contributed by atoms with Crippen molar-refractivity contribution in [2.45, 2.75) is 62.6 Å². The normalized spacial score (nSPS) is 32.8. The molecular formula is C14H21NO2. The minimum absolute atomic E-state index is 0.160. The van der Waals surface area contributed by atoms with E-state index in [4.69, 9.17) is 4.42 Å². The van der Waals surface area contributed by atoms with E-state index in [2.05, 4.69) is 5.32 Å². The van der Waals surface area contributed by atoms with Gasteiger partial charge in [0, 0.05) is 5.54 Å². The number of furan rings is 1. The lowest BCUT2D eigenvalue weighted by Crippen LogP contribution is -2.54. The van der Waals surface area contributed by atoms with Gasteiger partial charge in [0.15, 0.2) is 0 Å². The molecule has 2 fully saturated rings. The molecule has 0 aromatic carbocycles. The molecular weight excluding hydrogens is 214 g/mol. The van der Waals surface area contributed by atoms with Gasteiger partial charge in [0.2, 0.25) is 0 Å². The monoisotopic (exact) mass is 235 g/mol. The van der Waals surface area contributed by atoms with E-state index >= 15 is 0 Å². The minimum atomic E-state index is -0.190. The second-order valence-electron chi connectivity index (χ2n) is 5.65. The highest BCUT2D eigenvalue weighted by molar-refractivity contribution is 5.10. The number of hydrogen-bond donors (Lipinski definition) is 2. The Morgan fingerprint density at radius 1 is 1.29 bits per heavy atom. The highest BCUT2D eigenvalue weighted by Crippen LogP contribution is 2.39. The molecule has 1 saturated carbocycles. The molecule has 1 aromatic heterocycles. The first-order chi connectivity index (χ1) is 8.27. The van der Waals surface area contributed by atoms with E-state index in [9.17, 15) is 5.11 Å². The Balaban J connectivity index is 1.79. The fourth-order valence-electron chi connectivity index (χ4n) is 3.55. The van der Waals surface area contributed by atoms with Gasteiger partial charge in [-0.05, 0) is 37.8 Å². The van der Waals surface area contributed by atoms with E-state index in [1.54, 1.807) is 6.26 Å². The average molecular weight is 235 g/mol. The van der Waals surface area contributed by atoms with Crippen LogP contribution < -0.4 is 5.32 Å². The van der Waals surface area contributed by atoms with E-state index in [0.717, 1.165) is 18.6 Å². The maximum atomic E-state index is 10.1. The first kappa shape index (κ1) is 11.3. The Bertz CT molecular complexity index is 354. The molecule has 17 heavy (non-hydrogen) atoms. The fourth-order valence-corrected chi connectivity index (χ4v) is 3.55. The van der Waals surface area contributed by atoms with Crippen molar-refractivity contribution >= 4 is 0 Å². The van der Waals surface area contributed by atoms with Gasteiger partial charge in [-0.3, -0.25) is 0 Å². The van der Waals surface area contributed by atoms with Crippen LogP contribution in [0.3, 0.4) is 0 Å². The minimum Gasteiger partial charge on any atom is -0.468 e. The molecule has 94 valence electrons. The van der Waals surface area contributed by atoms with Crippen molar-refractivity contribution < 1.29 is 9.52 Å². The van der Waals surface area contributed by atoms with Crippen molar-refractivity contribution in [1.82, 2.24) is 5.32 Å². The molecule has 1 aromatic rings. The second kappa shape index (κ2) is 4.46. The van der Waals surface area contributed by atoms with Crippen molar-refractivity contribution in [2.24, 2.45) is 0 Å². The number of aliphatic hydroxyl groups excluding tert-OH is 1. The highest BCUT2D eigenvalue weighted by Gasteiger charge is 2.41. The van der Waals surface area contributed by atoms with Crippen molar-refractivity contribution in [3.05, 3.63) is 24.2 Å². The molecule has 1 aliphatic heterocycles. The van der Waals surface area contributed by atoms with Crippen LogP contribution in [-0.2, 0) is 0 Å². The zero-order valence-corrected chi connectivity index (χ0v) is 10.2. The van der Waals surface area contributed by atoms with Gasteiger partial charge in [-0.1, -0.05) is 19.3 Å². The molecule has 3 heteroatoms. The third-order valence-corrected chi connectivity index (χ3v) is 4.31. The molecule has 3 nitrogen and oxygen atoms in total. The lowest BCUT2D eigenvalue weighted by molar-refractivity contribution is 0.0299. The SMILES string of the molecule is O[C@H]1C[C@@H](c2ccco2)NC2(CCCCC2)C1. The van der Waals surface area contributed by atoms with Crippen LogP contribution in [0.25, 0.3) is 0 Å². The number of aliphatic hydroxyl groups is 1. The van der Waals surface area contributed by atoms with Gasteiger partial charge in [0.25, 0.3) is 0 Å². The van der Waals surface area contributed by atoms with E-state index in [1.165, 1.54) is 32.1 Å². The summed E-state index contributed by atoms with van der Waals surface area (Å²) >= 11 is 0. The second-order valence-corrected chi connectivity index (χ2v) is 5.65. The van der Waals surface area contributed by atoms with Gasteiger partial charge in [-0.2, -0.15) is 0 Å². The van der Waals surface area contributed by atoms with Crippen LogP contribution in [0.2, 0.25) is 0 Å². The summed E-state index contributed by atoms with van der Waals surface area (Å²) in [6, 6.07) is 4.12. The number of rotatable bonds is 1. The van der Waals surface area contributed by atoms with Gasteiger partial charge < -0.3 is 14.8 Å². The molecule has 1 saturated heterocycles. The molecule has 0 bridgehead atoms. The van der Waals surface area contributed by atoms with Crippen LogP contribution in [0.1, 0.15) is 56.7 Å². The smallest absolute Gasteiger partial charge is 0.120 e. The van der Waals surface area contributed by atoms with Gasteiger partial charge in [0.1, 0.15) is 5.76 Å². The molecule has 1 aliphatic carbocycles. The summed E-state index contributed by atoms with van der Waals surface area (Å²) < 4.78 is 5.48. The summed E-state index contributed by atoms with van der Waals surface area (Å²) in [6.07, 6.45) is 9.50. The van der Waals surface area contributed by atoms with Crippen LogP contribution in [0.5, 0.6) is 0 Å². The molecule has 2 aliphatic rings. The Kier molecular flexibility index (Phi) is 2.97. The van der Waals surface area contributed by atoms with E-state index in [0.29, 0.717) is 0 Å². The first-order valence-corrected chi connectivity index (χ1v) is 6.77. The zero-order chi connectivity index (χ0) is 11.7. The number of piperidine rings is 1. The van der Waals surface area contributed by atoms with Crippen molar-refractivity contribution in [1.29, 1.82) is 0 Å². The van der Waals surface area contributed by atoms with Crippen LogP contribution in [0.15, 0.2) is 22.8 Å². The van der Waals surface area contributed by atoms with Gasteiger partial charge in [-0.15, -0.1) is 0 Å². The summed E-state index contributed by atoms with van der Waals surface area (Å²) in [5.41, 5.74) is 0.160. The number of nitrogens with one attached hydrogen (secondary N) is 1. The van der Waals surface area contributed by atoms with E-state index in [1.807, 2.05) is 12.1 Å². The predicted molar refractivity (Wildman–Crippen MR) is 65.6 cm³/mol. The Morgan fingerprint density at radius 2 is 2.12 bits per heavy atom. The summed E-state index contributed by atoms with van der Waals surface area (Å²) in [4.78, 5) is 0. The van der Waals surface area contributed by atoms with Crippen LogP contribution in [0.4, 0.5) is 0 Å². The summed E-state index contributed by atoms with van der Waals surface area (Å²) in [5.74, 6) is 0.966. The summed E-state index contributed by atoms with van der Waals surface area (Å²) in [7, 11) is 0. The Hall–Kier alpha value is -0.800. The Morgan fingerprint density at radius 3 is 2.82 bits per heavy atom. The summed E-state index contributed by atoms with van der Waals surface area (Å²) in [5, 5.41) is 13.9. The highest BCUT2D eigenvalue weighted by atomic mass is 16.3. The van der Waals surface area contributed by atoms with E-state index < -0.39 is 0 Å². The summed E-state index contributed by atoms with van der Waals surface area (Å²) in [6.45, 7) is 0. The topological polar surface area (TPSA) is 45.4 Å². The molecule has 1 spiro atoms. The maximum absolute atomic E-state index is 10.1. The van der Waals surface area contributed by atoms with Gasteiger partial charge in [-0.25, -0.2) is 0 Å². The maximum Gasteiger partial charge on any atom is 0.120 e. The van der Waals surface area contributed by atoms with E-state index in [-0.39, 0.29) is 17.7 Å². The molecule has 0 radical (unpaired) electrons. The standard InChI is InChI=1S/C14H21NO2/c16-11-9-12(13-5-4-8-17-13)15-14(10-11)6-2-1-3-7-14/h4-5,8,11-12,15-16H,1-3,6-7,9-10H2/t11-,12-/m0/s1. The fraction of sp³-hybridized carbons (Fsp3) is 0.714. The van der Waals surface area contributed by atoms with Crippen LogP contribution >= 0.6 is 0 Å². The first-order valence-electron chi connectivity index (χ1n) is 6.77. The third-order valence-electron chi connectivity index (χ3n) is 4.31. The van der Waals surface area contributed by atoms with Crippen molar-refractivity contribution in [2.75, 3.05) is 0 Å². The molecule has 2 N–H and O–H groups in total. The zero-order valence-electron chi connectivity index (χ0n) is 10.2. The van der Waals surface area contributed by atoms with Crippen LogP contribution in [-0.4, -0.2) is 16.7 Å². The molecule has 2 heterocycles. The molecule has 0 unspecified atom stereocenters.